The van der Waals surface area contributed by atoms with Crippen molar-refractivity contribution in [1.82, 2.24) is 14.8 Å². The molecule has 3 aromatic rings. The van der Waals surface area contributed by atoms with Gasteiger partial charge in [-0.25, -0.2) is 0 Å². The number of anilines is 1. The predicted molar refractivity (Wildman–Crippen MR) is 107 cm³/mol. The summed E-state index contributed by atoms with van der Waals surface area (Å²) in [7, 11) is 0. The Kier molecular flexibility index (Phi) is 5.96. The normalized spacial score (nSPS) is 10.7. The van der Waals surface area contributed by atoms with Crippen molar-refractivity contribution in [3.8, 4) is 11.4 Å². The van der Waals surface area contributed by atoms with Gasteiger partial charge in [0.15, 0.2) is 11.0 Å². The van der Waals surface area contributed by atoms with Crippen LogP contribution < -0.4 is 5.32 Å². The molecule has 0 saturated heterocycles. The summed E-state index contributed by atoms with van der Waals surface area (Å²) in [5, 5.41) is 12.9. The lowest BCUT2D eigenvalue weighted by Gasteiger charge is -2.09. The summed E-state index contributed by atoms with van der Waals surface area (Å²) in [6.45, 7) is 4.71. The van der Waals surface area contributed by atoms with Gasteiger partial charge in [-0.15, -0.1) is 10.2 Å². The molecule has 0 radical (unpaired) electrons. The van der Waals surface area contributed by atoms with Crippen LogP contribution in [0.2, 0.25) is 5.02 Å². The maximum atomic E-state index is 12.2. The first-order valence-electron chi connectivity index (χ1n) is 8.26. The van der Waals surface area contributed by atoms with E-state index in [4.69, 9.17) is 11.6 Å². The van der Waals surface area contributed by atoms with Crippen molar-refractivity contribution in [2.45, 2.75) is 25.5 Å². The monoisotopic (exact) mass is 386 g/mol. The first kappa shape index (κ1) is 18.5. The largest absolute Gasteiger partial charge is 0.325 e. The van der Waals surface area contributed by atoms with Crippen LogP contribution >= 0.6 is 23.4 Å². The molecule has 0 aliphatic heterocycles. The Hall–Kier alpha value is -2.31. The summed E-state index contributed by atoms with van der Waals surface area (Å²) in [5.74, 6) is 0.974. The van der Waals surface area contributed by atoms with Gasteiger partial charge in [-0.3, -0.25) is 4.79 Å². The number of benzene rings is 2. The minimum atomic E-state index is -0.0667. The number of nitrogens with one attached hydrogen (secondary N) is 1. The molecule has 2 aromatic carbocycles. The van der Waals surface area contributed by atoms with Gasteiger partial charge in [0.1, 0.15) is 0 Å². The Morgan fingerprint density at radius 2 is 1.88 bits per heavy atom. The molecular weight excluding hydrogens is 368 g/mol. The Bertz CT molecular complexity index is 908. The van der Waals surface area contributed by atoms with Gasteiger partial charge >= 0.3 is 0 Å². The predicted octanol–water partition coefficient (Wildman–Crippen LogP) is 4.66. The van der Waals surface area contributed by atoms with E-state index in [2.05, 4.69) is 15.5 Å². The Morgan fingerprint density at radius 3 is 2.58 bits per heavy atom. The van der Waals surface area contributed by atoms with Gasteiger partial charge in [0.05, 0.1) is 5.75 Å². The van der Waals surface area contributed by atoms with E-state index >= 15 is 0 Å². The van der Waals surface area contributed by atoms with Gasteiger partial charge in [0, 0.05) is 22.8 Å². The summed E-state index contributed by atoms with van der Waals surface area (Å²) < 4.78 is 1.99. The summed E-state index contributed by atoms with van der Waals surface area (Å²) in [5.41, 5.74) is 2.81. The van der Waals surface area contributed by atoms with Crippen molar-refractivity contribution in [2.24, 2.45) is 0 Å². The molecule has 0 aliphatic carbocycles. The number of aryl methyl sites for hydroxylation is 1. The highest BCUT2D eigenvalue weighted by Gasteiger charge is 2.15. The summed E-state index contributed by atoms with van der Waals surface area (Å²) in [6, 6.07) is 15.2. The molecule has 0 unspecified atom stereocenters. The van der Waals surface area contributed by atoms with E-state index in [1.54, 1.807) is 0 Å². The number of hydrogen-bond donors (Lipinski definition) is 1. The van der Waals surface area contributed by atoms with Gasteiger partial charge in [-0.2, -0.15) is 0 Å². The molecule has 0 fully saturated rings. The summed E-state index contributed by atoms with van der Waals surface area (Å²) in [4.78, 5) is 12.2. The van der Waals surface area contributed by atoms with Gasteiger partial charge in [-0.05, 0) is 49.7 Å². The fraction of sp³-hybridized carbons (Fsp3) is 0.211. The fourth-order valence-corrected chi connectivity index (χ4v) is 3.45. The standard InChI is InChI=1S/C19H19ClN4OS/c1-3-24-18(14-8-10-15(20)11-9-14)22-23-19(24)26-12-17(25)21-16-7-5-4-6-13(16)2/h4-11H,3,12H2,1-2H3,(H,21,25). The zero-order chi connectivity index (χ0) is 18.5. The highest BCUT2D eigenvalue weighted by molar-refractivity contribution is 7.99. The number of carbonyl (C=O) groups excluding carboxylic acids is 1. The summed E-state index contributed by atoms with van der Waals surface area (Å²) in [6.07, 6.45) is 0. The van der Waals surface area contributed by atoms with Gasteiger partial charge < -0.3 is 9.88 Å². The van der Waals surface area contributed by atoms with E-state index in [0.717, 1.165) is 27.8 Å². The van der Waals surface area contributed by atoms with Crippen LogP contribution in [0.1, 0.15) is 12.5 Å². The average molecular weight is 387 g/mol. The second-order valence-electron chi connectivity index (χ2n) is 5.71. The van der Waals surface area contributed by atoms with Gasteiger partial charge in [0.25, 0.3) is 0 Å². The lowest BCUT2D eigenvalue weighted by Crippen LogP contribution is -2.15. The molecule has 5 nitrogen and oxygen atoms in total. The Morgan fingerprint density at radius 1 is 1.15 bits per heavy atom. The van der Waals surface area contributed by atoms with E-state index in [1.165, 1.54) is 11.8 Å². The van der Waals surface area contributed by atoms with Crippen molar-refractivity contribution in [3.63, 3.8) is 0 Å². The number of hydrogen-bond acceptors (Lipinski definition) is 4. The second kappa shape index (κ2) is 8.38. The molecule has 1 N–H and O–H groups in total. The van der Waals surface area contributed by atoms with Crippen molar-refractivity contribution in [2.75, 3.05) is 11.1 Å². The minimum absolute atomic E-state index is 0.0667. The van der Waals surface area contributed by atoms with Crippen LogP contribution in [0.25, 0.3) is 11.4 Å². The molecule has 0 spiro atoms. The lowest BCUT2D eigenvalue weighted by atomic mass is 10.2. The van der Waals surface area contributed by atoms with Crippen LogP contribution in [0.15, 0.2) is 53.7 Å². The molecule has 0 aliphatic rings. The SMILES string of the molecule is CCn1c(SCC(=O)Nc2ccccc2C)nnc1-c1ccc(Cl)cc1. The molecule has 7 heteroatoms. The molecule has 3 rings (SSSR count). The second-order valence-corrected chi connectivity index (χ2v) is 7.09. The molecule has 134 valence electrons. The van der Waals surface area contributed by atoms with Crippen LogP contribution in [-0.4, -0.2) is 26.4 Å². The van der Waals surface area contributed by atoms with Crippen molar-refractivity contribution >= 4 is 35.0 Å². The molecule has 1 aromatic heterocycles. The number of rotatable bonds is 6. The molecule has 26 heavy (non-hydrogen) atoms. The van der Waals surface area contributed by atoms with E-state index in [-0.39, 0.29) is 11.7 Å². The molecule has 1 amide bonds. The number of halogens is 1. The number of para-hydroxylation sites is 1. The highest BCUT2D eigenvalue weighted by Crippen LogP contribution is 2.25. The Labute approximate surface area is 161 Å². The third kappa shape index (κ3) is 4.26. The lowest BCUT2D eigenvalue weighted by molar-refractivity contribution is -0.113. The van der Waals surface area contributed by atoms with E-state index in [0.29, 0.717) is 11.6 Å². The zero-order valence-corrected chi connectivity index (χ0v) is 16.1. The van der Waals surface area contributed by atoms with Gasteiger partial charge in [-0.1, -0.05) is 41.6 Å². The molecule has 1 heterocycles. The summed E-state index contributed by atoms with van der Waals surface area (Å²) >= 11 is 7.32. The number of carbonyl (C=O) groups is 1. The van der Waals surface area contributed by atoms with Crippen molar-refractivity contribution in [3.05, 3.63) is 59.1 Å². The smallest absolute Gasteiger partial charge is 0.234 e. The number of amides is 1. The molecule has 0 bridgehead atoms. The average Bonchev–Trinajstić information content (AvgIpc) is 3.05. The number of thioether (sulfide) groups is 1. The van der Waals surface area contributed by atoms with Crippen LogP contribution in [0.3, 0.4) is 0 Å². The van der Waals surface area contributed by atoms with E-state index in [9.17, 15) is 4.79 Å². The van der Waals surface area contributed by atoms with Crippen LogP contribution in [0.5, 0.6) is 0 Å². The first-order valence-corrected chi connectivity index (χ1v) is 9.62. The third-order valence-corrected chi connectivity index (χ3v) is 5.11. The molecule has 0 atom stereocenters. The molecule has 0 saturated carbocycles. The quantitative estimate of drug-likeness (QED) is 0.626. The van der Waals surface area contributed by atoms with Crippen LogP contribution in [-0.2, 0) is 11.3 Å². The topological polar surface area (TPSA) is 59.8 Å². The third-order valence-electron chi connectivity index (χ3n) is 3.89. The zero-order valence-electron chi connectivity index (χ0n) is 14.6. The van der Waals surface area contributed by atoms with Gasteiger partial charge in [0.2, 0.25) is 5.91 Å². The number of aromatic nitrogens is 3. The van der Waals surface area contributed by atoms with E-state index in [1.807, 2.05) is 66.9 Å². The van der Waals surface area contributed by atoms with Crippen LogP contribution in [0.4, 0.5) is 5.69 Å². The fourth-order valence-electron chi connectivity index (χ4n) is 2.52. The maximum Gasteiger partial charge on any atom is 0.234 e. The van der Waals surface area contributed by atoms with E-state index < -0.39 is 0 Å². The van der Waals surface area contributed by atoms with Crippen molar-refractivity contribution < 1.29 is 4.79 Å². The first-order chi connectivity index (χ1) is 12.6. The minimum Gasteiger partial charge on any atom is -0.325 e. The Balaban J connectivity index is 1.69. The maximum absolute atomic E-state index is 12.2. The molecular formula is C19H19ClN4OS. The van der Waals surface area contributed by atoms with Crippen molar-refractivity contribution in [1.29, 1.82) is 0 Å². The number of nitrogens with zero attached hydrogens (tertiary/aromatic N) is 3. The van der Waals surface area contributed by atoms with Crippen LogP contribution in [0, 0.1) is 6.92 Å². The highest BCUT2D eigenvalue weighted by atomic mass is 35.5.